The first-order valence-corrected chi connectivity index (χ1v) is 7.59. The molecule has 0 saturated heterocycles. The zero-order chi connectivity index (χ0) is 15.0. The number of aliphatic imine (C=N–C) groups is 2. The van der Waals surface area contributed by atoms with Crippen LogP contribution in [0.2, 0.25) is 0 Å². The minimum absolute atomic E-state index is 0.135. The first-order valence-electron chi connectivity index (χ1n) is 6.37. The number of aromatic hydroxyl groups is 1. The van der Waals surface area contributed by atoms with Crippen molar-refractivity contribution in [2.45, 2.75) is 13.8 Å². The Bertz CT molecular complexity index is 839. The molecule has 0 radical (unpaired) electrons. The van der Waals surface area contributed by atoms with Crippen LogP contribution in [-0.4, -0.2) is 21.7 Å². The minimum atomic E-state index is 0.135. The Morgan fingerprint density at radius 1 is 1.24 bits per heavy atom. The fourth-order valence-corrected chi connectivity index (χ4v) is 3.29. The normalized spacial score (nSPS) is 15.7. The molecule has 0 unspecified atom stereocenters. The number of hydrogen-bond donors (Lipinski definition) is 1. The quantitative estimate of drug-likeness (QED) is 0.847. The van der Waals surface area contributed by atoms with Crippen LogP contribution < -0.4 is 0 Å². The molecule has 0 amide bonds. The van der Waals surface area contributed by atoms with Crippen LogP contribution in [-0.2, 0) is 0 Å². The summed E-state index contributed by atoms with van der Waals surface area (Å²) in [4.78, 5) is 8.93. The number of benzene rings is 1. The summed E-state index contributed by atoms with van der Waals surface area (Å²) in [6, 6.07) is 7.86. The molecule has 0 fully saturated rings. The van der Waals surface area contributed by atoms with Crippen molar-refractivity contribution in [3.05, 3.63) is 44.4 Å². The Balaban J connectivity index is 2.09. The van der Waals surface area contributed by atoms with Crippen molar-refractivity contribution in [2.75, 3.05) is 0 Å². The molecule has 1 aliphatic heterocycles. The van der Waals surface area contributed by atoms with Gasteiger partial charge < -0.3 is 5.11 Å². The second-order valence-electron chi connectivity index (χ2n) is 4.72. The van der Waals surface area contributed by atoms with E-state index in [9.17, 15) is 5.11 Å². The van der Waals surface area contributed by atoms with E-state index in [1.807, 2.05) is 44.2 Å². The van der Waals surface area contributed by atoms with Gasteiger partial charge in [0.05, 0.1) is 22.0 Å². The molecule has 106 valence electrons. The lowest BCUT2D eigenvalue weighted by molar-refractivity contribution is 0.441. The average molecular weight is 315 g/mol. The predicted octanol–water partition coefficient (Wildman–Crippen LogP) is 4.13. The van der Waals surface area contributed by atoms with Gasteiger partial charge in [0, 0.05) is 0 Å². The van der Waals surface area contributed by atoms with Crippen LogP contribution in [0.15, 0.2) is 39.9 Å². The fourth-order valence-electron chi connectivity index (χ4n) is 2.00. The van der Waals surface area contributed by atoms with Gasteiger partial charge in [0.25, 0.3) is 0 Å². The summed E-state index contributed by atoms with van der Waals surface area (Å²) >= 11 is 6.72. The van der Waals surface area contributed by atoms with Crippen LogP contribution in [0.1, 0.15) is 17.4 Å². The summed E-state index contributed by atoms with van der Waals surface area (Å²) < 4.78 is 2.26. The Labute approximate surface area is 131 Å². The van der Waals surface area contributed by atoms with Crippen molar-refractivity contribution >= 4 is 41.7 Å². The van der Waals surface area contributed by atoms with E-state index in [1.165, 1.54) is 17.7 Å². The van der Waals surface area contributed by atoms with Crippen molar-refractivity contribution in [3.8, 4) is 11.6 Å². The Morgan fingerprint density at radius 3 is 2.57 bits per heavy atom. The second-order valence-corrected chi connectivity index (χ2v) is 6.39. The molecule has 4 nitrogen and oxygen atoms in total. The fraction of sp³-hybridized carbons (Fsp3) is 0.133. The van der Waals surface area contributed by atoms with Gasteiger partial charge in [0.2, 0.25) is 5.88 Å². The molecule has 1 aromatic heterocycles. The number of nitrogens with zero attached hydrogens (tertiary/aromatic N) is 3. The van der Waals surface area contributed by atoms with Crippen molar-refractivity contribution in [2.24, 2.45) is 9.98 Å². The van der Waals surface area contributed by atoms with Gasteiger partial charge >= 0.3 is 0 Å². The predicted molar refractivity (Wildman–Crippen MR) is 90.5 cm³/mol. The monoisotopic (exact) mass is 315 g/mol. The molecule has 21 heavy (non-hydrogen) atoms. The van der Waals surface area contributed by atoms with Gasteiger partial charge in [-0.15, -0.1) is 11.3 Å². The molecule has 6 heteroatoms. The maximum atomic E-state index is 10.4. The zero-order valence-corrected chi connectivity index (χ0v) is 13.2. The van der Waals surface area contributed by atoms with E-state index in [1.54, 1.807) is 4.57 Å². The van der Waals surface area contributed by atoms with Gasteiger partial charge in [-0.2, -0.15) is 0 Å². The first-order chi connectivity index (χ1) is 10.1. The van der Waals surface area contributed by atoms with Crippen LogP contribution in [0.5, 0.6) is 5.88 Å². The van der Waals surface area contributed by atoms with Crippen LogP contribution in [0, 0.1) is 10.9 Å². The maximum Gasteiger partial charge on any atom is 0.215 e. The lowest BCUT2D eigenvalue weighted by Gasteiger charge is -2.05. The minimum Gasteiger partial charge on any atom is -0.493 e. The summed E-state index contributed by atoms with van der Waals surface area (Å²) in [5.74, 6) is 0.135. The van der Waals surface area contributed by atoms with Crippen LogP contribution in [0.4, 0.5) is 0 Å². The summed E-state index contributed by atoms with van der Waals surface area (Å²) in [5, 5.41) is 10.4. The third-order valence-electron chi connectivity index (χ3n) is 3.19. The highest BCUT2D eigenvalue weighted by molar-refractivity contribution is 7.73. The van der Waals surface area contributed by atoms with Gasteiger partial charge in [0.1, 0.15) is 6.34 Å². The summed E-state index contributed by atoms with van der Waals surface area (Å²) in [6.45, 7) is 3.90. The van der Waals surface area contributed by atoms with Gasteiger partial charge in [-0.05, 0) is 44.3 Å². The Kier molecular flexibility index (Phi) is 3.57. The molecular formula is C15H13N3OS2. The molecule has 1 aliphatic rings. The van der Waals surface area contributed by atoms with Crippen LogP contribution in [0.3, 0.4) is 0 Å². The molecule has 0 bridgehead atoms. The number of hydrogen-bond acceptors (Lipinski definition) is 5. The van der Waals surface area contributed by atoms with Crippen molar-refractivity contribution in [3.63, 3.8) is 0 Å². The highest BCUT2D eigenvalue weighted by atomic mass is 32.1. The SMILES string of the molecule is CC1=NC=N/C1=C\c1sc(=S)n(-c2ccc(C)cc2)c1O. The molecule has 1 aromatic carbocycles. The highest BCUT2D eigenvalue weighted by Crippen LogP contribution is 2.32. The molecule has 0 aliphatic carbocycles. The molecule has 0 spiro atoms. The van der Waals surface area contributed by atoms with Crippen molar-refractivity contribution in [1.29, 1.82) is 0 Å². The Morgan fingerprint density at radius 2 is 1.95 bits per heavy atom. The lowest BCUT2D eigenvalue weighted by atomic mass is 10.2. The molecule has 3 rings (SSSR count). The third kappa shape index (κ3) is 2.59. The number of aromatic nitrogens is 1. The third-order valence-corrected chi connectivity index (χ3v) is 4.50. The van der Waals surface area contributed by atoms with Gasteiger partial charge in [-0.3, -0.25) is 4.57 Å². The van der Waals surface area contributed by atoms with E-state index in [0.717, 1.165) is 22.7 Å². The van der Waals surface area contributed by atoms with E-state index in [2.05, 4.69) is 9.98 Å². The topological polar surface area (TPSA) is 49.9 Å². The second kappa shape index (κ2) is 5.38. The standard InChI is InChI=1S/C15H13N3OS2/c1-9-3-5-11(6-4-9)18-14(19)13(21-15(18)20)7-12-10(2)16-8-17-12/h3-8,19H,1-2H3/b12-7-. The molecular weight excluding hydrogens is 302 g/mol. The average Bonchev–Trinajstić information content (AvgIpc) is 2.97. The van der Waals surface area contributed by atoms with E-state index in [-0.39, 0.29) is 5.88 Å². The van der Waals surface area contributed by atoms with E-state index < -0.39 is 0 Å². The molecule has 1 N–H and O–H groups in total. The zero-order valence-electron chi connectivity index (χ0n) is 11.6. The first kappa shape index (κ1) is 13.9. The van der Waals surface area contributed by atoms with Crippen molar-refractivity contribution < 1.29 is 5.11 Å². The molecule has 0 saturated carbocycles. The number of thiazole rings is 1. The van der Waals surface area contributed by atoms with E-state index in [0.29, 0.717) is 8.83 Å². The summed E-state index contributed by atoms with van der Waals surface area (Å²) in [7, 11) is 0. The van der Waals surface area contributed by atoms with E-state index in [4.69, 9.17) is 12.2 Å². The largest absolute Gasteiger partial charge is 0.493 e. The maximum absolute atomic E-state index is 10.4. The van der Waals surface area contributed by atoms with Crippen LogP contribution in [0.25, 0.3) is 11.8 Å². The Hall–Kier alpha value is -2.05. The summed E-state index contributed by atoms with van der Waals surface area (Å²) in [6.07, 6.45) is 3.32. The van der Waals surface area contributed by atoms with Gasteiger partial charge in [0.15, 0.2) is 3.95 Å². The molecule has 0 atom stereocenters. The van der Waals surface area contributed by atoms with E-state index >= 15 is 0 Å². The lowest BCUT2D eigenvalue weighted by Crippen LogP contribution is -1.93. The number of aryl methyl sites for hydroxylation is 1. The molecule has 2 aromatic rings. The smallest absolute Gasteiger partial charge is 0.215 e. The highest BCUT2D eigenvalue weighted by Gasteiger charge is 2.14. The molecule has 2 heterocycles. The summed E-state index contributed by atoms with van der Waals surface area (Å²) in [5.41, 5.74) is 3.59. The van der Waals surface area contributed by atoms with Crippen LogP contribution >= 0.6 is 23.6 Å². The number of rotatable bonds is 2. The van der Waals surface area contributed by atoms with Gasteiger partial charge in [-0.25, -0.2) is 9.98 Å². The van der Waals surface area contributed by atoms with Crippen molar-refractivity contribution in [1.82, 2.24) is 4.57 Å². The number of allylic oxidation sites excluding steroid dienone is 1. The van der Waals surface area contributed by atoms with Gasteiger partial charge in [-0.1, -0.05) is 17.7 Å².